The van der Waals surface area contributed by atoms with E-state index in [-0.39, 0.29) is 12.0 Å². The number of hydrogen-bond donors (Lipinski definition) is 2. The van der Waals surface area contributed by atoms with Crippen LogP contribution in [0.25, 0.3) is 11.6 Å². The first-order valence-corrected chi connectivity index (χ1v) is 13.3. The molecule has 36 heavy (non-hydrogen) atoms. The van der Waals surface area contributed by atoms with Crippen LogP contribution in [0.5, 0.6) is 0 Å². The Morgan fingerprint density at radius 3 is 2.14 bits per heavy atom. The molecule has 4 fully saturated rings. The lowest BCUT2D eigenvalue weighted by molar-refractivity contribution is -0.142. The lowest BCUT2D eigenvalue weighted by Gasteiger charge is -2.57. The second-order valence-electron chi connectivity index (χ2n) is 11.4. The summed E-state index contributed by atoms with van der Waals surface area (Å²) in [6, 6.07) is 13.9. The molecule has 6 rings (SSSR count). The summed E-state index contributed by atoms with van der Waals surface area (Å²) in [5.41, 5.74) is 6.84. The molecule has 0 amide bonds. The Morgan fingerprint density at radius 2 is 1.56 bits per heavy atom. The summed E-state index contributed by atoms with van der Waals surface area (Å²) in [5.74, 6) is 0.739. The van der Waals surface area contributed by atoms with E-state index >= 15 is 0 Å². The van der Waals surface area contributed by atoms with Crippen molar-refractivity contribution in [3.05, 3.63) is 70.3 Å². The number of benzene rings is 2. The predicted molar refractivity (Wildman–Crippen MR) is 140 cm³/mol. The van der Waals surface area contributed by atoms with E-state index in [9.17, 15) is 14.7 Å². The van der Waals surface area contributed by atoms with E-state index in [4.69, 9.17) is 9.84 Å². The Hall–Kier alpha value is -2.92. The van der Waals surface area contributed by atoms with Crippen LogP contribution in [0.4, 0.5) is 0 Å². The number of carbonyl (C=O) groups is 2. The molecule has 2 aromatic carbocycles. The molecule has 2 N–H and O–H groups in total. The number of allylic oxidation sites excluding steroid dienone is 1. The van der Waals surface area contributed by atoms with Crippen molar-refractivity contribution < 1.29 is 24.5 Å². The number of hydrogen-bond acceptors (Lipinski definition) is 3. The Bertz CT molecular complexity index is 1120. The second kappa shape index (κ2) is 10.2. The highest BCUT2D eigenvalue weighted by atomic mass is 16.5. The van der Waals surface area contributed by atoms with Gasteiger partial charge in [0.2, 0.25) is 0 Å². The van der Waals surface area contributed by atoms with E-state index in [2.05, 4.69) is 31.2 Å². The number of aliphatic carboxylic acids is 1. The molecule has 0 saturated heterocycles. The molecule has 4 saturated carbocycles. The summed E-state index contributed by atoms with van der Waals surface area (Å²) in [6.07, 6.45) is 11.9. The van der Waals surface area contributed by atoms with Crippen LogP contribution < -0.4 is 0 Å². The van der Waals surface area contributed by atoms with Gasteiger partial charge in [-0.1, -0.05) is 36.4 Å². The van der Waals surface area contributed by atoms with Crippen molar-refractivity contribution in [3.63, 3.8) is 0 Å². The minimum absolute atomic E-state index is 0.238. The summed E-state index contributed by atoms with van der Waals surface area (Å²) in [6.45, 7) is 2.35. The number of carboxylic acids is 2. The zero-order chi connectivity index (χ0) is 25.3. The molecule has 4 aliphatic rings. The van der Waals surface area contributed by atoms with E-state index in [1.807, 2.05) is 12.1 Å². The molecule has 0 atom stereocenters. The molecule has 0 aliphatic heterocycles. The number of ether oxygens (including phenoxy) is 1. The lowest BCUT2D eigenvalue weighted by atomic mass is 9.47. The summed E-state index contributed by atoms with van der Waals surface area (Å²) >= 11 is 0. The first-order valence-electron chi connectivity index (χ1n) is 13.3. The second-order valence-corrected chi connectivity index (χ2v) is 11.4. The average Bonchev–Trinajstić information content (AvgIpc) is 2.83. The normalized spacial score (nSPS) is 26.8. The molecular weight excluding hydrogens is 452 g/mol. The lowest BCUT2D eigenvalue weighted by Crippen LogP contribution is -2.49. The summed E-state index contributed by atoms with van der Waals surface area (Å²) in [7, 11) is 0. The minimum Gasteiger partial charge on any atom is -0.480 e. The van der Waals surface area contributed by atoms with Gasteiger partial charge in [-0.15, -0.1) is 0 Å². The van der Waals surface area contributed by atoms with Gasteiger partial charge in [0, 0.05) is 6.61 Å². The van der Waals surface area contributed by atoms with Crippen LogP contribution in [0.1, 0.15) is 84.5 Å². The van der Waals surface area contributed by atoms with Gasteiger partial charge in [-0.2, -0.15) is 0 Å². The molecule has 5 nitrogen and oxygen atoms in total. The van der Waals surface area contributed by atoms with Gasteiger partial charge in [-0.3, -0.25) is 0 Å². The molecule has 190 valence electrons. The Morgan fingerprint density at radius 1 is 0.944 bits per heavy atom. The fourth-order valence-corrected chi connectivity index (χ4v) is 7.55. The zero-order valence-corrected chi connectivity index (χ0v) is 21.0. The predicted octanol–water partition coefficient (Wildman–Crippen LogP) is 6.45. The van der Waals surface area contributed by atoms with E-state index in [1.165, 1.54) is 60.8 Å². The first-order chi connectivity index (χ1) is 17.3. The van der Waals surface area contributed by atoms with Crippen LogP contribution in [-0.2, 0) is 21.4 Å². The van der Waals surface area contributed by atoms with E-state index < -0.39 is 11.9 Å². The van der Waals surface area contributed by atoms with Gasteiger partial charge in [0.25, 0.3) is 0 Å². The van der Waals surface area contributed by atoms with Crippen molar-refractivity contribution in [3.8, 4) is 0 Å². The molecule has 4 bridgehead atoms. The maximum Gasteiger partial charge on any atom is 0.335 e. The fourth-order valence-electron chi connectivity index (χ4n) is 7.55. The highest BCUT2D eigenvalue weighted by Crippen LogP contribution is 2.61. The van der Waals surface area contributed by atoms with Crippen molar-refractivity contribution in [2.45, 2.75) is 63.7 Å². The average molecular weight is 489 g/mol. The molecule has 0 spiro atoms. The van der Waals surface area contributed by atoms with Gasteiger partial charge in [0.05, 0.1) is 5.56 Å². The van der Waals surface area contributed by atoms with E-state index in [1.54, 1.807) is 12.1 Å². The maximum atomic E-state index is 11.2. The molecule has 2 aromatic rings. The van der Waals surface area contributed by atoms with Crippen LogP contribution in [0.3, 0.4) is 0 Å². The molecular formula is C31H36O5. The van der Waals surface area contributed by atoms with Crippen molar-refractivity contribution in [2.75, 3.05) is 13.2 Å². The molecule has 4 aliphatic carbocycles. The third kappa shape index (κ3) is 5.27. The molecule has 0 radical (unpaired) electrons. The summed E-state index contributed by atoms with van der Waals surface area (Å²) in [4.78, 5) is 21.9. The smallest absolute Gasteiger partial charge is 0.335 e. The van der Waals surface area contributed by atoms with Gasteiger partial charge in [-0.05, 0) is 121 Å². The van der Waals surface area contributed by atoms with Crippen LogP contribution in [0.15, 0.2) is 42.5 Å². The third-order valence-corrected chi connectivity index (χ3v) is 8.68. The standard InChI is InChI=1S/C31H36O5/c1-20(11-21-4-6-26(7-5-21)30(34)35)27-9-8-25(3-2-10-36-19-29(32)33)28(15-27)31-16-22-12-23(17-31)14-24(13-22)18-31/h4-9,11,15,22-24H,2-3,10,12-14,16-19H2,1H3,(H,32,33)(H,34,35). The number of carboxylic acid groups (broad SMARTS) is 2. The van der Waals surface area contributed by atoms with Gasteiger partial charge < -0.3 is 14.9 Å². The van der Waals surface area contributed by atoms with Crippen LogP contribution in [-0.4, -0.2) is 35.4 Å². The van der Waals surface area contributed by atoms with E-state index in [0.29, 0.717) is 12.2 Å². The maximum absolute atomic E-state index is 11.2. The Balaban J connectivity index is 1.43. The van der Waals surface area contributed by atoms with Crippen molar-refractivity contribution in [1.82, 2.24) is 0 Å². The quantitative estimate of drug-likeness (QED) is 0.297. The number of rotatable bonds is 10. The van der Waals surface area contributed by atoms with Crippen LogP contribution in [0.2, 0.25) is 0 Å². The van der Waals surface area contributed by atoms with Gasteiger partial charge in [-0.25, -0.2) is 9.59 Å². The number of aryl methyl sites for hydroxylation is 1. The largest absolute Gasteiger partial charge is 0.480 e. The summed E-state index contributed by atoms with van der Waals surface area (Å²) in [5, 5.41) is 18.0. The van der Waals surface area contributed by atoms with Gasteiger partial charge in [0.1, 0.15) is 6.61 Å². The summed E-state index contributed by atoms with van der Waals surface area (Å²) < 4.78 is 5.31. The first kappa shape index (κ1) is 24.8. The van der Waals surface area contributed by atoms with Crippen molar-refractivity contribution in [1.29, 1.82) is 0 Å². The Kier molecular flexibility index (Phi) is 7.03. The molecule has 0 aromatic heterocycles. The van der Waals surface area contributed by atoms with Crippen molar-refractivity contribution >= 4 is 23.6 Å². The van der Waals surface area contributed by atoms with E-state index in [0.717, 1.165) is 36.2 Å². The van der Waals surface area contributed by atoms with Gasteiger partial charge in [0.15, 0.2) is 0 Å². The minimum atomic E-state index is -0.923. The molecule has 0 unspecified atom stereocenters. The highest BCUT2D eigenvalue weighted by molar-refractivity contribution is 5.88. The third-order valence-electron chi connectivity index (χ3n) is 8.68. The molecule has 0 heterocycles. The number of aromatic carboxylic acids is 1. The zero-order valence-electron chi connectivity index (χ0n) is 21.0. The topological polar surface area (TPSA) is 83.8 Å². The van der Waals surface area contributed by atoms with Gasteiger partial charge >= 0.3 is 11.9 Å². The fraction of sp³-hybridized carbons (Fsp3) is 0.484. The Labute approximate surface area is 213 Å². The van der Waals surface area contributed by atoms with Crippen LogP contribution in [0, 0.1) is 17.8 Å². The monoisotopic (exact) mass is 488 g/mol. The highest BCUT2D eigenvalue weighted by Gasteiger charge is 2.52. The van der Waals surface area contributed by atoms with Crippen molar-refractivity contribution in [2.24, 2.45) is 17.8 Å². The van der Waals surface area contributed by atoms with Crippen LogP contribution >= 0.6 is 0 Å². The SMILES string of the molecule is CC(=Cc1ccc(C(=O)O)cc1)c1ccc(CCCOCC(=O)O)c(C23CC4CC(CC(C4)C2)C3)c1. The molecule has 5 heteroatoms.